The molecule has 1 fully saturated rings. The van der Waals surface area contributed by atoms with Crippen molar-refractivity contribution in [2.75, 3.05) is 26.7 Å². The molecule has 29 heavy (non-hydrogen) atoms. The number of likely N-dealkylation sites (tertiary alicyclic amines) is 1. The van der Waals surface area contributed by atoms with Gasteiger partial charge in [-0.05, 0) is 52.4 Å². The second-order valence-corrected chi connectivity index (χ2v) is 8.24. The summed E-state index contributed by atoms with van der Waals surface area (Å²) in [5.74, 6) is -2.18. The predicted molar refractivity (Wildman–Crippen MR) is 105 cm³/mol. The Balaban J connectivity index is 1.73. The first-order chi connectivity index (χ1) is 13.6. The van der Waals surface area contributed by atoms with Gasteiger partial charge in [0.15, 0.2) is 0 Å². The Morgan fingerprint density at radius 3 is 2.28 bits per heavy atom. The monoisotopic (exact) mass is 412 g/mol. The third-order valence-corrected chi connectivity index (χ3v) is 4.76. The minimum Gasteiger partial charge on any atom is -0.493 e. The lowest BCUT2D eigenvalue weighted by Crippen LogP contribution is -2.41. The summed E-state index contributed by atoms with van der Waals surface area (Å²) in [6, 6.07) is 2.04. The third-order valence-electron chi connectivity index (χ3n) is 4.76. The molecule has 162 valence electrons. The van der Waals surface area contributed by atoms with Crippen LogP contribution in [0.25, 0.3) is 0 Å². The Morgan fingerprint density at radius 2 is 1.76 bits per heavy atom. The molecule has 0 bridgehead atoms. The molecule has 0 saturated carbocycles. The van der Waals surface area contributed by atoms with Gasteiger partial charge in [0, 0.05) is 32.3 Å². The Kier molecular flexibility index (Phi) is 7.81. The van der Waals surface area contributed by atoms with E-state index in [0.29, 0.717) is 25.6 Å². The summed E-state index contributed by atoms with van der Waals surface area (Å²) in [5, 5.41) is 2.20. The lowest BCUT2D eigenvalue weighted by atomic mass is 9.92. The summed E-state index contributed by atoms with van der Waals surface area (Å²) in [7, 11) is 1.31. The summed E-state index contributed by atoms with van der Waals surface area (Å²) in [5.41, 5.74) is -1.11. The molecule has 1 heterocycles. The van der Waals surface area contributed by atoms with E-state index in [0.717, 1.165) is 37.8 Å². The van der Waals surface area contributed by atoms with E-state index in [9.17, 15) is 18.4 Å². The molecule has 8 heteroatoms. The van der Waals surface area contributed by atoms with Crippen LogP contribution >= 0.6 is 0 Å². The quantitative estimate of drug-likeness (QED) is 0.714. The topological polar surface area (TPSA) is 67.9 Å². The number of piperidine rings is 1. The lowest BCUT2D eigenvalue weighted by molar-refractivity contribution is 0.0179. The fourth-order valence-electron chi connectivity index (χ4n) is 3.27. The highest BCUT2D eigenvalue weighted by atomic mass is 19.1. The van der Waals surface area contributed by atoms with Crippen molar-refractivity contribution in [1.82, 2.24) is 10.2 Å². The maximum absolute atomic E-state index is 13.9. The molecular formula is C21H30F2N2O4. The number of carbonyl (C=O) groups is 2. The van der Waals surface area contributed by atoms with E-state index < -0.39 is 28.7 Å². The van der Waals surface area contributed by atoms with Crippen molar-refractivity contribution in [2.24, 2.45) is 5.92 Å². The van der Waals surface area contributed by atoms with Crippen LogP contribution in [-0.2, 0) is 4.74 Å². The molecule has 1 aromatic rings. The van der Waals surface area contributed by atoms with Gasteiger partial charge in [-0.15, -0.1) is 0 Å². The Hall–Kier alpha value is -2.38. The minimum atomic E-state index is -0.950. The van der Waals surface area contributed by atoms with E-state index >= 15 is 0 Å². The second kappa shape index (κ2) is 9.89. The van der Waals surface area contributed by atoms with E-state index in [-0.39, 0.29) is 11.8 Å². The number of hydrogen-bond donors (Lipinski definition) is 1. The van der Waals surface area contributed by atoms with E-state index in [1.54, 1.807) is 4.90 Å². The van der Waals surface area contributed by atoms with Gasteiger partial charge in [-0.1, -0.05) is 0 Å². The highest BCUT2D eigenvalue weighted by Crippen LogP contribution is 2.24. The zero-order valence-electron chi connectivity index (χ0n) is 17.5. The van der Waals surface area contributed by atoms with E-state index in [4.69, 9.17) is 9.47 Å². The number of nitrogens with zero attached hydrogens (tertiary/aromatic N) is 1. The van der Waals surface area contributed by atoms with E-state index in [1.165, 1.54) is 7.05 Å². The SMILES string of the molecule is CNC(=O)c1c(F)cc(OCCCC2CCN(C(=O)OC(C)(C)C)CC2)cc1F. The molecule has 0 radical (unpaired) electrons. The number of ether oxygens (including phenoxy) is 2. The van der Waals surface area contributed by atoms with Gasteiger partial charge in [0.05, 0.1) is 6.61 Å². The molecule has 0 unspecified atom stereocenters. The standard InChI is InChI=1S/C21H30F2N2O4/c1-21(2,3)29-20(27)25-9-7-14(8-10-25)6-5-11-28-15-12-16(22)18(17(23)13-15)19(26)24-4/h12-14H,5-11H2,1-4H3,(H,24,26). The molecule has 2 rings (SSSR count). The first-order valence-corrected chi connectivity index (χ1v) is 9.92. The molecule has 0 atom stereocenters. The van der Waals surface area contributed by atoms with Gasteiger partial charge in [0.2, 0.25) is 0 Å². The summed E-state index contributed by atoms with van der Waals surface area (Å²) < 4.78 is 38.7. The van der Waals surface area contributed by atoms with Crippen LogP contribution in [0.1, 0.15) is 56.8 Å². The molecule has 1 aliphatic heterocycles. The first-order valence-electron chi connectivity index (χ1n) is 9.92. The Labute approximate surface area is 170 Å². The maximum Gasteiger partial charge on any atom is 0.410 e. The zero-order valence-corrected chi connectivity index (χ0v) is 17.5. The molecule has 1 saturated heterocycles. The van der Waals surface area contributed by atoms with Gasteiger partial charge in [0.25, 0.3) is 5.91 Å². The molecule has 2 amide bonds. The van der Waals surface area contributed by atoms with Crippen molar-refractivity contribution in [2.45, 2.75) is 52.1 Å². The number of rotatable bonds is 6. The molecular weight excluding hydrogens is 382 g/mol. The van der Waals surface area contributed by atoms with Crippen molar-refractivity contribution in [3.05, 3.63) is 29.3 Å². The summed E-state index contributed by atoms with van der Waals surface area (Å²) >= 11 is 0. The van der Waals surface area contributed by atoms with Crippen LogP contribution in [0.4, 0.5) is 13.6 Å². The Morgan fingerprint density at radius 1 is 1.17 bits per heavy atom. The molecule has 1 aliphatic rings. The van der Waals surface area contributed by atoms with Crippen molar-refractivity contribution < 1.29 is 27.8 Å². The normalized spacial score (nSPS) is 15.2. The summed E-state index contributed by atoms with van der Waals surface area (Å²) in [6.07, 6.45) is 3.15. The molecule has 0 aliphatic carbocycles. The number of nitrogens with one attached hydrogen (secondary N) is 1. The third kappa shape index (κ3) is 6.87. The van der Waals surface area contributed by atoms with Gasteiger partial charge in [0.1, 0.15) is 28.5 Å². The highest BCUT2D eigenvalue weighted by Gasteiger charge is 2.26. The smallest absolute Gasteiger partial charge is 0.410 e. The van der Waals surface area contributed by atoms with Crippen LogP contribution in [0.2, 0.25) is 0 Å². The average molecular weight is 412 g/mol. The number of benzene rings is 1. The number of hydrogen-bond acceptors (Lipinski definition) is 4. The van der Waals surface area contributed by atoms with E-state index in [2.05, 4.69) is 5.32 Å². The molecule has 6 nitrogen and oxygen atoms in total. The van der Waals surface area contributed by atoms with Crippen molar-refractivity contribution in [3.8, 4) is 5.75 Å². The largest absolute Gasteiger partial charge is 0.493 e. The minimum absolute atomic E-state index is 0.0624. The van der Waals surface area contributed by atoms with Gasteiger partial charge in [-0.25, -0.2) is 13.6 Å². The maximum atomic E-state index is 13.9. The van der Waals surface area contributed by atoms with Crippen molar-refractivity contribution in [1.29, 1.82) is 0 Å². The van der Waals surface area contributed by atoms with Crippen molar-refractivity contribution in [3.63, 3.8) is 0 Å². The zero-order chi connectivity index (χ0) is 21.6. The van der Waals surface area contributed by atoms with Crippen LogP contribution in [-0.4, -0.2) is 49.2 Å². The summed E-state index contributed by atoms with van der Waals surface area (Å²) in [6.45, 7) is 7.20. The average Bonchev–Trinajstić information content (AvgIpc) is 2.63. The van der Waals surface area contributed by atoms with Gasteiger partial charge < -0.3 is 19.7 Å². The fourth-order valence-corrected chi connectivity index (χ4v) is 3.27. The first kappa shape index (κ1) is 22.9. The second-order valence-electron chi connectivity index (χ2n) is 8.24. The predicted octanol–water partition coefficient (Wildman–Crippen LogP) is 4.13. The van der Waals surface area contributed by atoms with Crippen LogP contribution in [0.15, 0.2) is 12.1 Å². The van der Waals surface area contributed by atoms with Crippen LogP contribution < -0.4 is 10.1 Å². The number of carbonyl (C=O) groups excluding carboxylic acids is 2. The fraction of sp³-hybridized carbons (Fsp3) is 0.619. The van der Waals surface area contributed by atoms with Crippen molar-refractivity contribution >= 4 is 12.0 Å². The highest BCUT2D eigenvalue weighted by molar-refractivity contribution is 5.94. The summed E-state index contributed by atoms with van der Waals surface area (Å²) in [4.78, 5) is 25.3. The van der Waals surface area contributed by atoms with Gasteiger partial charge in [-0.3, -0.25) is 4.79 Å². The van der Waals surface area contributed by atoms with E-state index in [1.807, 2.05) is 20.8 Å². The molecule has 0 spiro atoms. The Bertz CT molecular complexity index is 703. The molecule has 1 N–H and O–H groups in total. The van der Waals surface area contributed by atoms with Crippen LogP contribution in [0, 0.1) is 17.6 Å². The molecule has 1 aromatic carbocycles. The number of amides is 2. The molecule has 0 aromatic heterocycles. The number of halogens is 2. The van der Waals surface area contributed by atoms with Gasteiger partial charge >= 0.3 is 6.09 Å². The van der Waals surface area contributed by atoms with Crippen LogP contribution in [0.5, 0.6) is 5.75 Å². The van der Waals surface area contributed by atoms with Gasteiger partial charge in [-0.2, -0.15) is 0 Å². The lowest BCUT2D eigenvalue weighted by Gasteiger charge is -2.33. The van der Waals surface area contributed by atoms with Crippen LogP contribution in [0.3, 0.4) is 0 Å².